The number of carboxylic acids is 1. The van der Waals surface area contributed by atoms with Crippen molar-refractivity contribution in [1.82, 2.24) is 4.90 Å². The van der Waals surface area contributed by atoms with Gasteiger partial charge in [0.15, 0.2) is 0 Å². The van der Waals surface area contributed by atoms with Crippen molar-refractivity contribution in [2.24, 2.45) is 11.8 Å². The Morgan fingerprint density at radius 2 is 2.17 bits per heavy atom. The highest BCUT2D eigenvalue weighted by Gasteiger charge is 2.30. The van der Waals surface area contributed by atoms with E-state index in [-0.39, 0.29) is 12.6 Å². The lowest BCUT2D eigenvalue weighted by molar-refractivity contribution is -0.141. The molecule has 0 bridgehead atoms. The molecule has 0 radical (unpaired) electrons. The molecule has 24 heavy (non-hydrogen) atoms. The molecule has 0 aromatic heterocycles. The molecule has 1 aliphatic heterocycles. The van der Waals surface area contributed by atoms with Gasteiger partial charge in [-0.05, 0) is 37.3 Å². The van der Waals surface area contributed by atoms with E-state index in [0.717, 1.165) is 17.7 Å². The lowest BCUT2D eigenvalue weighted by Gasteiger charge is -2.18. The molecule has 6 nitrogen and oxygen atoms in total. The fourth-order valence-corrected chi connectivity index (χ4v) is 2.59. The molecule has 0 saturated carbocycles. The van der Waals surface area contributed by atoms with Crippen molar-refractivity contribution in [1.29, 1.82) is 0 Å². The van der Waals surface area contributed by atoms with E-state index in [0.29, 0.717) is 31.2 Å². The monoisotopic (exact) mass is 334 g/mol. The van der Waals surface area contributed by atoms with Crippen LogP contribution >= 0.6 is 0 Å². The van der Waals surface area contributed by atoms with Crippen LogP contribution in [0.5, 0.6) is 5.75 Å². The molecule has 0 spiro atoms. The van der Waals surface area contributed by atoms with Gasteiger partial charge in [0, 0.05) is 24.8 Å². The standard InChI is InChI=1S/C18H26N2O4/c1-12(2)7-9-24-16-10-15(5-4-13(16)3)19-18(23)20-8-6-14(11-20)17(21)22/h4-5,10,12,14H,6-9,11H2,1-3H3,(H,19,23)(H,21,22). The minimum atomic E-state index is -0.846. The van der Waals surface area contributed by atoms with Gasteiger partial charge in [-0.15, -0.1) is 0 Å². The number of likely N-dealkylation sites (tertiary alicyclic amines) is 1. The molecule has 1 fully saturated rings. The molecule has 2 amide bonds. The van der Waals surface area contributed by atoms with Gasteiger partial charge in [-0.2, -0.15) is 0 Å². The summed E-state index contributed by atoms with van der Waals surface area (Å²) in [5, 5.41) is 11.8. The highest BCUT2D eigenvalue weighted by atomic mass is 16.5. The molecule has 1 aromatic rings. The van der Waals surface area contributed by atoms with E-state index in [2.05, 4.69) is 19.2 Å². The highest BCUT2D eigenvalue weighted by Crippen LogP contribution is 2.24. The van der Waals surface area contributed by atoms with E-state index in [1.54, 1.807) is 0 Å². The lowest BCUT2D eigenvalue weighted by Crippen LogP contribution is -2.33. The molecule has 1 atom stereocenters. The van der Waals surface area contributed by atoms with Gasteiger partial charge >= 0.3 is 12.0 Å². The van der Waals surface area contributed by atoms with Crippen LogP contribution in [0.1, 0.15) is 32.3 Å². The molecule has 6 heteroatoms. The molecule has 132 valence electrons. The number of carboxylic acid groups (broad SMARTS) is 1. The maximum atomic E-state index is 12.3. The topological polar surface area (TPSA) is 78.9 Å². The maximum absolute atomic E-state index is 12.3. The Hall–Kier alpha value is -2.24. The fraction of sp³-hybridized carbons (Fsp3) is 0.556. The van der Waals surface area contributed by atoms with Crippen LogP contribution in [-0.4, -0.2) is 41.7 Å². The second-order valence-corrected chi connectivity index (χ2v) is 6.71. The number of carbonyl (C=O) groups excluding carboxylic acids is 1. The molecular formula is C18H26N2O4. The summed E-state index contributed by atoms with van der Waals surface area (Å²) < 4.78 is 5.80. The zero-order valence-corrected chi connectivity index (χ0v) is 14.5. The van der Waals surface area contributed by atoms with Crippen molar-refractivity contribution in [3.05, 3.63) is 23.8 Å². The van der Waals surface area contributed by atoms with E-state index in [1.165, 1.54) is 4.90 Å². The van der Waals surface area contributed by atoms with Gasteiger partial charge in [0.05, 0.1) is 12.5 Å². The SMILES string of the molecule is Cc1ccc(NC(=O)N2CCC(C(=O)O)C2)cc1OCCC(C)C. The van der Waals surface area contributed by atoms with Crippen LogP contribution in [0.4, 0.5) is 10.5 Å². The van der Waals surface area contributed by atoms with Crippen LogP contribution in [-0.2, 0) is 4.79 Å². The summed E-state index contributed by atoms with van der Waals surface area (Å²) in [5.74, 6) is 0.0222. The second-order valence-electron chi connectivity index (χ2n) is 6.71. The normalized spacial score (nSPS) is 17.2. The fourth-order valence-electron chi connectivity index (χ4n) is 2.59. The maximum Gasteiger partial charge on any atom is 0.321 e. The van der Waals surface area contributed by atoms with Gasteiger partial charge in [-0.1, -0.05) is 19.9 Å². The van der Waals surface area contributed by atoms with Gasteiger partial charge in [0.2, 0.25) is 0 Å². The third-order valence-electron chi connectivity index (χ3n) is 4.22. The van der Waals surface area contributed by atoms with E-state index in [9.17, 15) is 9.59 Å². The van der Waals surface area contributed by atoms with Crippen LogP contribution in [0.2, 0.25) is 0 Å². The molecule has 1 aromatic carbocycles. The number of hydrogen-bond donors (Lipinski definition) is 2. The number of amides is 2. The van der Waals surface area contributed by atoms with Crippen molar-refractivity contribution in [3.8, 4) is 5.75 Å². The number of carbonyl (C=O) groups is 2. The summed E-state index contributed by atoms with van der Waals surface area (Å²) in [7, 11) is 0. The molecule has 1 saturated heterocycles. The van der Waals surface area contributed by atoms with Gasteiger partial charge in [0.25, 0.3) is 0 Å². The largest absolute Gasteiger partial charge is 0.493 e. The average molecular weight is 334 g/mol. The molecular weight excluding hydrogens is 308 g/mol. The van der Waals surface area contributed by atoms with Crippen LogP contribution in [0.15, 0.2) is 18.2 Å². The predicted octanol–water partition coefficient (Wildman–Crippen LogP) is 3.36. The first-order valence-electron chi connectivity index (χ1n) is 8.39. The Morgan fingerprint density at radius 3 is 2.79 bits per heavy atom. The second kappa shape index (κ2) is 8.04. The summed E-state index contributed by atoms with van der Waals surface area (Å²) in [6.07, 6.45) is 1.47. The van der Waals surface area contributed by atoms with Crippen LogP contribution in [0.3, 0.4) is 0 Å². The molecule has 2 rings (SSSR count). The number of aryl methyl sites for hydroxylation is 1. The van der Waals surface area contributed by atoms with E-state index in [1.807, 2.05) is 25.1 Å². The van der Waals surface area contributed by atoms with Crippen LogP contribution < -0.4 is 10.1 Å². The number of hydrogen-bond acceptors (Lipinski definition) is 3. The van der Waals surface area contributed by atoms with Gasteiger partial charge < -0.3 is 20.1 Å². The van der Waals surface area contributed by atoms with E-state index >= 15 is 0 Å². The third-order valence-corrected chi connectivity index (χ3v) is 4.22. The first-order valence-corrected chi connectivity index (χ1v) is 8.39. The number of benzene rings is 1. The molecule has 1 aliphatic rings. The summed E-state index contributed by atoms with van der Waals surface area (Å²) in [6.45, 7) is 7.62. The smallest absolute Gasteiger partial charge is 0.321 e. The summed E-state index contributed by atoms with van der Waals surface area (Å²) in [6, 6.07) is 5.28. The Kier molecular flexibility index (Phi) is 6.06. The highest BCUT2D eigenvalue weighted by molar-refractivity contribution is 5.90. The number of aliphatic carboxylic acids is 1. The minimum absolute atomic E-state index is 0.255. The summed E-state index contributed by atoms with van der Waals surface area (Å²) >= 11 is 0. The number of nitrogens with zero attached hydrogens (tertiary/aromatic N) is 1. The zero-order chi connectivity index (χ0) is 17.7. The Balaban J connectivity index is 1.94. The predicted molar refractivity (Wildman–Crippen MR) is 92.5 cm³/mol. The zero-order valence-electron chi connectivity index (χ0n) is 14.5. The number of anilines is 1. The first kappa shape index (κ1) is 18.1. The summed E-state index contributed by atoms with van der Waals surface area (Å²) in [4.78, 5) is 24.8. The van der Waals surface area contributed by atoms with Crippen molar-refractivity contribution >= 4 is 17.7 Å². The van der Waals surface area contributed by atoms with E-state index < -0.39 is 11.9 Å². The van der Waals surface area contributed by atoms with Crippen LogP contribution in [0.25, 0.3) is 0 Å². The Bertz CT molecular complexity index is 601. The van der Waals surface area contributed by atoms with Crippen molar-refractivity contribution < 1.29 is 19.4 Å². The summed E-state index contributed by atoms with van der Waals surface area (Å²) in [5.41, 5.74) is 1.67. The van der Waals surface area contributed by atoms with Crippen molar-refractivity contribution in [2.75, 3.05) is 25.0 Å². The minimum Gasteiger partial charge on any atom is -0.493 e. The number of urea groups is 1. The van der Waals surface area contributed by atoms with Gasteiger partial charge in [-0.3, -0.25) is 4.79 Å². The molecule has 0 aliphatic carbocycles. The Labute approximate surface area is 142 Å². The molecule has 2 N–H and O–H groups in total. The first-order chi connectivity index (χ1) is 11.4. The van der Waals surface area contributed by atoms with Crippen LogP contribution in [0, 0.1) is 18.8 Å². The third kappa shape index (κ3) is 4.88. The number of nitrogens with one attached hydrogen (secondary N) is 1. The number of rotatable bonds is 6. The Morgan fingerprint density at radius 1 is 1.42 bits per heavy atom. The van der Waals surface area contributed by atoms with E-state index in [4.69, 9.17) is 9.84 Å². The quantitative estimate of drug-likeness (QED) is 0.836. The van der Waals surface area contributed by atoms with Crippen molar-refractivity contribution in [2.45, 2.75) is 33.6 Å². The van der Waals surface area contributed by atoms with Crippen molar-refractivity contribution in [3.63, 3.8) is 0 Å². The lowest BCUT2D eigenvalue weighted by atomic mass is 10.1. The van der Waals surface area contributed by atoms with Gasteiger partial charge in [0.1, 0.15) is 5.75 Å². The number of ether oxygens (including phenoxy) is 1. The molecule has 1 heterocycles. The van der Waals surface area contributed by atoms with Gasteiger partial charge in [-0.25, -0.2) is 4.79 Å². The molecule has 1 unspecified atom stereocenters. The average Bonchev–Trinajstić information content (AvgIpc) is 3.00.